The smallest absolute Gasteiger partial charge is 0.118 e. The molecule has 5 aromatic rings. The van der Waals surface area contributed by atoms with Gasteiger partial charge in [0.05, 0.1) is 40.9 Å². The van der Waals surface area contributed by atoms with E-state index < -0.39 is 0 Å². The second kappa shape index (κ2) is 13.2. The molecule has 2 aliphatic rings. The number of fused-ring (bicyclic) bond motifs is 8. The van der Waals surface area contributed by atoms with Crippen LogP contribution in [0.2, 0.25) is 0 Å². The standard InChI is InChI=1S/C44H47N5O/c1-10-31-24(5)41-39(28-14-16-30(50-9)17-15-28)42-25(6)32(11-2)36(47-42)23-38-34(13-4)27(8)44(49-38)40(29-18-20-45-21-19-29)43-26(7)33(12-3)37(48-43)22-35(31)46-41/h14-23,46,49H,10-13H2,1-9H3. The number of aromatic amines is 2. The summed E-state index contributed by atoms with van der Waals surface area (Å²) >= 11 is 0. The van der Waals surface area contributed by atoms with Crippen LogP contribution >= 0.6 is 0 Å². The molecular formula is C44H47N5O. The summed E-state index contributed by atoms with van der Waals surface area (Å²) in [6.07, 6.45) is 7.30. The van der Waals surface area contributed by atoms with E-state index in [9.17, 15) is 0 Å². The summed E-state index contributed by atoms with van der Waals surface area (Å²) in [7, 11) is 1.71. The molecule has 0 unspecified atom stereocenters. The van der Waals surface area contributed by atoms with Gasteiger partial charge in [-0.05, 0) is 145 Å². The van der Waals surface area contributed by atoms with Crippen molar-refractivity contribution >= 4 is 44.4 Å². The fourth-order valence-corrected chi connectivity index (χ4v) is 8.15. The molecular weight excluding hydrogens is 615 g/mol. The number of ether oxygens (including phenoxy) is 1. The minimum absolute atomic E-state index is 0.831. The molecule has 0 fully saturated rings. The zero-order valence-corrected chi connectivity index (χ0v) is 30.9. The zero-order valence-electron chi connectivity index (χ0n) is 30.9. The molecule has 254 valence electrons. The first-order valence-corrected chi connectivity index (χ1v) is 18.0. The predicted octanol–water partition coefficient (Wildman–Crippen LogP) is 11.5. The number of allylic oxidation sites excluding steroid dienone is 4. The van der Waals surface area contributed by atoms with Gasteiger partial charge in [0, 0.05) is 34.6 Å². The van der Waals surface area contributed by atoms with E-state index in [2.05, 4.69) is 107 Å². The Labute approximate surface area is 295 Å². The first-order valence-electron chi connectivity index (χ1n) is 18.0. The van der Waals surface area contributed by atoms with Gasteiger partial charge in [-0.3, -0.25) is 4.98 Å². The molecule has 2 aliphatic heterocycles. The molecule has 7 rings (SSSR count). The topological polar surface area (TPSA) is 79.5 Å². The van der Waals surface area contributed by atoms with Gasteiger partial charge in [0.2, 0.25) is 0 Å². The molecule has 50 heavy (non-hydrogen) atoms. The van der Waals surface area contributed by atoms with Crippen LogP contribution in [0.5, 0.6) is 5.75 Å². The number of pyridine rings is 1. The van der Waals surface area contributed by atoms with Gasteiger partial charge in [-0.2, -0.15) is 0 Å². The number of H-pyrrole nitrogens is 2. The summed E-state index contributed by atoms with van der Waals surface area (Å²) in [6.45, 7) is 17.9. The number of hydrogen-bond donors (Lipinski definition) is 2. The molecule has 1 aromatic carbocycles. The normalized spacial score (nSPS) is 13.1. The first-order chi connectivity index (χ1) is 24.2. The van der Waals surface area contributed by atoms with Crippen molar-refractivity contribution in [3.05, 3.63) is 106 Å². The number of nitrogens with one attached hydrogen (secondary N) is 2. The highest BCUT2D eigenvalue weighted by molar-refractivity contribution is 6.03. The van der Waals surface area contributed by atoms with Crippen molar-refractivity contribution in [1.82, 2.24) is 24.9 Å². The van der Waals surface area contributed by atoms with Gasteiger partial charge in [-0.15, -0.1) is 0 Å². The maximum Gasteiger partial charge on any atom is 0.118 e. The Bertz CT molecular complexity index is 2370. The van der Waals surface area contributed by atoms with E-state index >= 15 is 0 Å². The highest BCUT2D eigenvalue weighted by atomic mass is 16.5. The average Bonchev–Trinajstić information content (AvgIpc) is 3.82. The Morgan fingerprint density at radius 1 is 0.580 bits per heavy atom. The van der Waals surface area contributed by atoms with Gasteiger partial charge < -0.3 is 14.7 Å². The maximum atomic E-state index is 5.56. The van der Waals surface area contributed by atoms with Crippen LogP contribution in [-0.4, -0.2) is 32.0 Å². The van der Waals surface area contributed by atoms with Crippen LogP contribution in [0, 0.1) is 13.8 Å². The van der Waals surface area contributed by atoms with Crippen LogP contribution in [0.4, 0.5) is 0 Å². The third-order valence-electron chi connectivity index (χ3n) is 10.8. The number of hydrogen-bond acceptors (Lipinski definition) is 4. The third kappa shape index (κ3) is 5.29. The third-order valence-corrected chi connectivity index (χ3v) is 10.8. The molecule has 0 atom stereocenters. The van der Waals surface area contributed by atoms with Gasteiger partial charge in [-0.1, -0.05) is 39.8 Å². The second-order valence-electron chi connectivity index (χ2n) is 13.4. The Morgan fingerprint density at radius 3 is 1.42 bits per heavy atom. The lowest BCUT2D eigenvalue weighted by Gasteiger charge is -2.09. The van der Waals surface area contributed by atoms with Gasteiger partial charge >= 0.3 is 0 Å². The molecule has 0 saturated carbocycles. The van der Waals surface area contributed by atoms with Crippen molar-refractivity contribution in [3.63, 3.8) is 0 Å². The maximum absolute atomic E-state index is 5.56. The molecule has 0 aliphatic carbocycles. The molecule has 4 aromatic heterocycles. The first kappa shape index (κ1) is 33.3. The Balaban J connectivity index is 1.76. The molecule has 0 saturated heterocycles. The van der Waals surface area contributed by atoms with E-state index in [1.165, 1.54) is 44.5 Å². The number of aromatic nitrogens is 5. The highest BCUT2D eigenvalue weighted by Gasteiger charge is 2.25. The van der Waals surface area contributed by atoms with E-state index in [0.29, 0.717) is 0 Å². The van der Waals surface area contributed by atoms with Crippen LogP contribution in [0.3, 0.4) is 0 Å². The minimum Gasteiger partial charge on any atom is -0.497 e. The summed E-state index contributed by atoms with van der Waals surface area (Å²) in [5.41, 5.74) is 22.9. The summed E-state index contributed by atoms with van der Waals surface area (Å²) in [5, 5.41) is 0. The predicted molar refractivity (Wildman–Crippen MR) is 210 cm³/mol. The van der Waals surface area contributed by atoms with E-state index in [1.54, 1.807) is 7.11 Å². The van der Waals surface area contributed by atoms with Crippen molar-refractivity contribution in [3.8, 4) is 28.0 Å². The number of nitrogens with zero attached hydrogens (tertiary/aromatic N) is 3. The van der Waals surface area contributed by atoms with Crippen LogP contribution in [0.1, 0.15) is 99.4 Å². The summed E-state index contributed by atoms with van der Waals surface area (Å²) in [4.78, 5) is 23.2. The molecule has 6 nitrogen and oxygen atoms in total. The lowest BCUT2D eigenvalue weighted by Crippen LogP contribution is -1.90. The van der Waals surface area contributed by atoms with Crippen molar-refractivity contribution in [2.75, 3.05) is 7.11 Å². The summed E-state index contributed by atoms with van der Waals surface area (Å²) in [6, 6.07) is 17.1. The van der Waals surface area contributed by atoms with Gasteiger partial charge in [0.1, 0.15) is 5.75 Å². The number of aryl methyl sites for hydroxylation is 4. The van der Waals surface area contributed by atoms with Crippen LogP contribution in [0.15, 0.2) is 60.9 Å². The fourth-order valence-electron chi connectivity index (χ4n) is 8.15. The monoisotopic (exact) mass is 661 g/mol. The van der Waals surface area contributed by atoms with E-state index in [0.717, 1.165) is 98.5 Å². The summed E-state index contributed by atoms with van der Waals surface area (Å²) < 4.78 is 5.56. The molecule has 8 bridgehead atoms. The van der Waals surface area contributed by atoms with Gasteiger partial charge in [0.15, 0.2) is 0 Å². The molecule has 6 heterocycles. The molecule has 0 amide bonds. The number of rotatable bonds is 7. The molecule has 0 radical (unpaired) electrons. The Hall–Kier alpha value is -5.23. The number of benzene rings is 1. The molecule has 0 spiro atoms. The Kier molecular flexibility index (Phi) is 8.81. The largest absolute Gasteiger partial charge is 0.497 e. The highest BCUT2D eigenvalue weighted by Crippen LogP contribution is 2.43. The second-order valence-corrected chi connectivity index (χ2v) is 13.4. The van der Waals surface area contributed by atoms with Crippen molar-refractivity contribution in [2.45, 2.75) is 81.1 Å². The quantitative estimate of drug-likeness (QED) is 0.182. The lowest BCUT2D eigenvalue weighted by molar-refractivity contribution is 0.415. The SMILES string of the molecule is CCC1=C(C)c2nc1cc1[nH]c(c(C)c1CC)c(-c1ccncc1)c1nc(cc3[nH]c(c(C)c3CC)c2-c2ccc(OC)cc2)C(CC)=C1C. The fraction of sp³-hybridized carbons (Fsp3) is 0.295. The van der Waals surface area contributed by atoms with Crippen LogP contribution in [0.25, 0.3) is 66.6 Å². The number of methoxy groups -OCH3 is 1. The van der Waals surface area contributed by atoms with E-state index in [-0.39, 0.29) is 0 Å². The molecule has 2 N–H and O–H groups in total. The van der Waals surface area contributed by atoms with Crippen LogP contribution in [-0.2, 0) is 12.8 Å². The van der Waals surface area contributed by atoms with Crippen molar-refractivity contribution < 1.29 is 4.74 Å². The Morgan fingerprint density at radius 2 is 1.02 bits per heavy atom. The van der Waals surface area contributed by atoms with Crippen LogP contribution < -0.4 is 4.74 Å². The van der Waals surface area contributed by atoms with E-state index in [4.69, 9.17) is 14.7 Å². The molecule has 6 heteroatoms. The zero-order chi connectivity index (χ0) is 35.3. The minimum atomic E-state index is 0.831. The summed E-state index contributed by atoms with van der Waals surface area (Å²) in [5.74, 6) is 0.831. The lowest BCUT2D eigenvalue weighted by atomic mass is 9.95. The van der Waals surface area contributed by atoms with Gasteiger partial charge in [0.25, 0.3) is 0 Å². The average molecular weight is 662 g/mol. The van der Waals surface area contributed by atoms with E-state index in [1.807, 2.05) is 24.5 Å². The van der Waals surface area contributed by atoms with Crippen molar-refractivity contribution in [2.24, 2.45) is 0 Å². The van der Waals surface area contributed by atoms with Gasteiger partial charge in [-0.25, -0.2) is 9.97 Å². The van der Waals surface area contributed by atoms with Crippen molar-refractivity contribution in [1.29, 1.82) is 0 Å².